The summed E-state index contributed by atoms with van der Waals surface area (Å²) in [5.74, 6) is 1.12. The van der Waals surface area contributed by atoms with Crippen LogP contribution in [-0.2, 0) is 17.8 Å². The van der Waals surface area contributed by atoms with Crippen LogP contribution in [0.25, 0.3) is 0 Å². The Hall–Kier alpha value is -1.91. The third-order valence-corrected chi connectivity index (χ3v) is 4.96. The molecule has 0 saturated heterocycles. The van der Waals surface area contributed by atoms with Crippen LogP contribution in [-0.4, -0.2) is 27.5 Å². The highest BCUT2D eigenvalue weighted by molar-refractivity contribution is 5.84. The highest BCUT2D eigenvalue weighted by Crippen LogP contribution is 2.60. The van der Waals surface area contributed by atoms with Crippen molar-refractivity contribution in [2.24, 2.45) is 17.3 Å². The predicted octanol–water partition coefficient (Wildman–Crippen LogP) is 2.18. The molecule has 0 spiro atoms. The van der Waals surface area contributed by atoms with E-state index in [-0.39, 0.29) is 17.2 Å². The number of hydrogen-bond acceptors (Lipinski definition) is 4. The molecule has 0 bridgehead atoms. The lowest BCUT2D eigenvalue weighted by atomic mass is 10.0. The minimum atomic E-state index is 0.0597. The Balaban J connectivity index is 1.76. The standard InChI is InChI=1S/C17H24N4O/c1-10(2)7-12-15(17(12,3)4)16(22)21-6-5-13-11(9-21)8-14(18)20-19-13/h7-8,12,15H,5-6,9H2,1-4H3,(H2,18,20)/t12-,15-/m1/s1. The molecular formula is C17H24N4O. The maximum atomic E-state index is 12.9. The van der Waals surface area contributed by atoms with Gasteiger partial charge in [-0.1, -0.05) is 25.5 Å². The summed E-state index contributed by atoms with van der Waals surface area (Å²) in [6.07, 6.45) is 3.00. The van der Waals surface area contributed by atoms with E-state index in [4.69, 9.17) is 5.73 Å². The van der Waals surface area contributed by atoms with Crippen molar-refractivity contribution in [2.75, 3.05) is 12.3 Å². The second-order valence-electron chi connectivity index (χ2n) is 7.32. The lowest BCUT2D eigenvalue weighted by molar-refractivity contribution is -0.134. The number of carbonyl (C=O) groups is 1. The fraction of sp³-hybridized carbons (Fsp3) is 0.588. The van der Waals surface area contributed by atoms with Gasteiger partial charge in [-0.3, -0.25) is 4.79 Å². The second-order valence-corrected chi connectivity index (χ2v) is 7.32. The van der Waals surface area contributed by atoms with Crippen molar-refractivity contribution in [3.05, 3.63) is 29.0 Å². The monoisotopic (exact) mass is 300 g/mol. The van der Waals surface area contributed by atoms with Gasteiger partial charge < -0.3 is 10.6 Å². The zero-order valence-corrected chi connectivity index (χ0v) is 13.8. The van der Waals surface area contributed by atoms with Gasteiger partial charge in [0, 0.05) is 19.5 Å². The SMILES string of the molecule is CC(C)=C[C@@H]1[C@H](C(=O)N2CCc3nnc(N)cc3C2)C1(C)C. The molecule has 22 heavy (non-hydrogen) atoms. The second kappa shape index (κ2) is 5.07. The molecule has 0 unspecified atom stereocenters. The van der Waals surface area contributed by atoms with E-state index in [9.17, 15) is 4.79 Å². The third-order valence-electron chi connectivity index (χ3n) is 4.96. The fourth-order valence-corrected chi connectivity index (χ4v) is 3.55. The first-order valence-electron chi connectivity index (χ1n) is 7.85. The molecule has 1 saturated carbocycles. The molecule has 1 fully saturated rings. The minimum Gasteiger partial charge on any atom is -0.382 e. The van der Waals surface area contributed by atoms with Crippen molar-refractivity contribution in [2.45, 2.75) is 40.7 Å². The Morgan fingerprint density at radius 3 is 2.82 bits per heavy atom. The molecule has 2 atom stereocenters. The van der Waals surface area contributed by atoms with Crippen LogP contribution in [0.5, 0.6) is 0 Å². The van der Waals surface area contributed by atoms with Gasteiger partial charge in [-0.2, -0.15) is 5.10 Å². The summed E-state index contributed by atoms with van der Waals surface area (Å²) < 4.78 is 0. The number of fused-ring (bicyclic) bond motifs is 1. The lowest BCUT2D eigenvalue weighted by Crippen LogP contribution is -2.38. The molecule has 118 valence electrons. The largest absolute Gasteiger partial charge is 0.382 e. The summed E-state index contributed by atoms with van der Waals surface area (Å²) >= 11 is 0. The molecule has 3 rings (SSSR count). The molecule has 1 aliphatic heterocycles. The normalized spacial score (nSPS) is 25.4. The average molecular weight is 300 g/mol. The molecule has 1 aromatic heterocycles. The first kappa shape index (κ1) is 15.0. The molecule has 0 radical (unpaired) electrons. The van der Waals surface area contributed by atoms with Crippen LogP contribution in [0.2, 0.25) is 0 Å². The molecule has 1 aromatic rings. The van der Waals surface area contributed by atoms with E-state index in [2.05, 4.69) is 44.0 Å². The Morgan fingerprint density at radius 2 is 2.14 bits per heavy atom. The molecule has 2 aliphatic rings. The van der Waals surface area contributed by atoms with Gasteiger partial charge in [0.05, 0.1) is 11.6 Å². The topological polar surface area (TPSA) is 72.1 Å². The first-order valence-corrected chi connectivity index (χ1v) is 7.85. The van der Waals surface area contributed by atoms with Crippen LogP contribution < -0.4 is 5.73 Å². The highest BCUT2D eigenvalue weighted by Gasteiger charge is 2.61. The number of aromatic nitrogens is 2. The van der Waals surface area contributed by atoms with Crippen LogP contribution in [0.3, 0.4) is 0 Å². The Morgan fingerprint density at radius 1 is 1.41 bits per heavy atom. The predicted molar refractivity (Wildman–Crippen MR) is 85.8 cm³/mol. The Labute approximate surface area is 131 Å². The zero-order valence-electron chi connectivity index (χ0n) is 13.8. The smallest absolute Gasteiger partial charge is 0.227 e. The zero-order chi connectivity index (χ0) is 16.1. The van der Waals surface area contributed by atoms with E-state index >= 15 is 0 Å². The van der Waals surface area contributed by atoms with E-state index < -0.39 is 0 Å². The molecule has 5 heteroatoms. The van der Waals surface area contributed by atoms with Gasteiger partial charge in [0.2, 0.25) is 5.91 Å². The summed E-state index contributed by atoms with van der Waals surface area (Å²) in [5.41, 5.74) is 9.05. The highest BCUT2D eigenvalue weighted by atomic mass is 16.2. The van der Waals surface area contributed by atoms with E-state index in [1.54, 1.807) is 0 Å². The number of nitrogen functional groups attached to an aromatic ring is 1. The molecule has 1 amide bonds. The Bertz CT molecular complexity index is 646. The number of hydrogen-bond donors (Lipinski definition) is 1. The Kier molecular flexibility index (Phi) is 3.46. The fourth-order valence-electron chi connectivity index (χ4n) is 3.55. The van der Waals surface area contributed by atoms with Gasteiger partial charge >= 0.3 is 0 Å². The van der Waals surface area contributed by atoms with E-state index in [1.807, 2.05) is 11.0 Å². The first-order chi connectivity index (χ1) is 10.3. The number of nitrogens with two attached hydrogens (primary N) is 1. The van der Waals surface area contributed by atoms with Crippen LogP contribution >= 0.6 is 0 Å². The van der Waals surface area contributed by atoms with Gasteiger partial charge in [-0.25, -0.2) is 0 Å². The number of rotatable bonds is 2. The number of carbonyl (C=O) groups excluding carboxylic acids is 1. The summed E-state index contributed by atoms with van der Waals surface area (Å²) in [4.78, 5) is 14.8. The summed E-state index contributed by atoms with van der Waals surface area (Å²) in [6, 6.07) is 1.84. The van der Waals surface area contributed by atoms with Gasteiger partial charge in [0.1, 0.15) is 5.82 Å². The number of anilines is 1. The van der Waals surface area contributed by atoms with E-state index in [1.165, 1.54) is 5.57 Å². The number of amides is 1. The quantitative estimate of drug-likeness (QED) is 0.850. The van der Waals surface area contributed by atoms with Crippen LogP contribution in [0, 0.1) is 17.3 Å². The van der Waals surface area contributed by atoms with Gasteiger partial charge in [-0.15, -0.1) is 5.10 Å². The summed E-state index contributed by atoms with van der Waals surface area (Å²) in [5, 5.41) is 8.03. The van der Waals surface area contributed by atoms with Crippen molar-refractivity contribution >= 4 is 11.7 Å². The third kappa shape index (κ3) is 2.49. The minimum absolute atomic E-state index is 0.0597. The lowest BCUT2D eigenvalue weighted by Gasteiger charge is -2.28. The van der Waals surface area contributed by atoms with Crippen molar-refractivity contribution in [1.29, 1.82) is 0 Å². The van der Waals surface area contributed by atoms with Crippen molar-refractivity contribution in [3.63, 3.8) is 0 Å². The number of nitrogens with zero attached hydrogens (tertiary/aromatic N) is 3. The van der Waals surface area contributed by atoms with E-state index in [0.29, 0.717) is 18.3 Å². The molecule has 2 N–H and O–H groups in total. The van der Waals surface area contributed by atoms with Crippen LogP contribution in [0.1, 0.15) is 39.0 Å². The van der Waals surface area contributed by atoms with Gasteiger partial charge in [0.25, 0.3) is 0 Å². The van der Waals surface area contributed by atoms with Crippen molar-refractivity contribution in [3.8, 4) is 0 Å². The molecule has 5 nitrogen and oxygen atoms in total. The average Bonchev–Trinajstić information content (AvgIpc) is 2.97. The van der Waals surface area contributed by atoms with Crippen molar-refractivity contribution < 1.29 is 4.79 Å². The molecule has 0 aromatic carbocycles. The molecule has 1 aliphatic carbocycles. The van der Waals surface area contributed by atoms with Gasteiger partial charge in [-0.05, 0) is 36.8 Å². The maximum Gasteiger partial charge on any atom is 0.227 e. The molecule has 2 heterocycles. The summed E-state index contributed by atoms with van der Waals surface area (Å²) in [7, 11) is 0. The van der Waals surface area contributed by atoms with Gasteiger partial charge in [0.15, 0.2) is 0 Å². The van der Waals surface area contributed by atoms with E-state index in [0.717, 1.165) is 24.2 Å². The van der Waals surface area contributed by atoms with Crippen molar-refractivity contribution in [1.82, 2.24) is 15.1 Å². The number of allylic oxidation sites excluding steroid dienone is 2. The van der Waals surface area contributed by atoms with Crippen LogP contribution in [0.4, 0.5) is 5.82 Å². The van der Waals surface area contributed by atoms with Crippen LogP contribution in [0.15, 0.2) is 17.7 Å². The summed E-state index contributed by atoms with van der Waals surface area (Å²) in [6.45, 7) is 9.87. The molecular weight excluding hydrogens is 276 g/mol. The maximum absolute atomic E-state index is 12.9.